The number of amides is 1. The van der Waals surface area contributed by atoms with Crippen LogP contribution < -0.4 is 5.73 Å². The number of carbonyl (C=O) groups excluding carboxylic acids is 1. The van der Waals surface area contributed by atoms with Crippen LogP contribution >= 0.6 is 0 Å². The van der Waals surface area contributed by atoms with E-state index < -0.39 is 0 Å². The van der Waals surface area contributed by atoms with Crippen molar-refractivity contribution in [1.82, 2.24) is 9.80 Å². The predicted molar refractivity (Wildman–Crippen MR) is 72.2 cm³/mol. The van der Waals surface area contributed by atoms with Gasteiger partial charge in [-0.1, -0.05) is 6.92 Å². The molecule has 1 atom stereocenters. The van der Waals surface area contributed by atoms with E-state index in [4.69, 9.17) is 10.8 Å². The molecule has 5 heteroatoms. The summed E-state index contributed by atoms with van der Waals surface area (Å²) in [5.41, 5.74) is 5.50. The number of carbonyl (C=O) groups is 1. The summed E-state index contributed by atoms with van der Waals surface area (Å²) in [6, 6.07) is 0. The molecule has 1 saturated heterocycles. The Morgan fingerprint density at radius 3 is 2.50 bits per heavy atom. The van der Waals surface area contributed by atoms with Crippen molar-refractivity contribution in [1.29, 1.82) is 0 Å². The van der Waals surface area contributed by atoms with Gasteiger partial charge in [0.2, 0.25) is 5.91 Å². The van der Waals surface area contributed by atoms with Gasteiger partial charge in [0.25, 0.3) is 0 Å². The lowest BCUT2D eigenvalue weighted by atomic mass is 10.0. The van der Waals surface area contributed by atoms with Crippen LogP contribution in [0.4, 0.5) is 0 Å². The second-order valence-corrected chi connectivity index (χ2v) is 5.17. The molecule has 0 aromatic heterocycles. The maximum atomic E-state index is 12.0. The summed E-state index contributed by atoms with van der Waals surface area (Å²) < 4.78 is 0. The van der Waals surface area contributed by atoms with Crippen LogP contribution in [0.2, 0.25) is 0 Å². The van der Waals surface area contributed by atoms with Crippen molar-refractivity contribution in [2.75, 3.05) is 45.9 Å². The molecule has 0 aromatic rings. The lowest BCUT2D eigenvalue weighted by Gasteiger charge is -2.34. The summed E-state index contributed by atoms with van der Waals surface area (Å²) in [5.74, 6) is 0.803. The molecule has 1 fully saturated rings. The zero-order valence-electron chi connectivity index (χ0n) is 11.5. The first kappa shape index (κ1) is 15.4. The van der Waals surface area contributed by atoms with Crippen LogP contribution in [0.3, 0.4) is 0 Å². The van der Waals surface area contributed by atoms with Crippen molar-refractivity contribution < 1.29 is 9.90 Å². The molecule has 1 amide bonds. The van der Waals surface area contributed by atoms with E-state index in [1.54, 1.807) is 0 Å². The largest absolute Gasteiger partial charge is 0.395 e. The fourth-order valence-electron chi connectivity index (χ4n) is 2.32. The third kappa shape index (κ3) is 5.33. The van der Waals surface area contributed by atoms with E-state index in [1.807, 2.05) is 4.90 Å². The van der Waals surface area contributed by atoms with Gasteiger partial charge < -0.3 is 15.7 Å². The molecule has 18 heavy (non-hydrogen) atoms. The molecule has 3 N–H and O–H groups in total. The molecule has 1 heterocycles. The van der Waals surface area contributed by atoms with Gasteiger partial charge in [-0.2, -0.15) is 0 Å². The molecule has 0 aliphatic carbocycles. The summed E-state index contributed by atoms with van der Waals surface area (Å²) >= 11 is 0. The standard InChI is InChI=1S/C13H27N3O2/c1-12(4-5-14)2-3-13(18)16-8-6-15(7-9-16)10-11-17/h12,17H,2-11,14H2,1H3. The van der Waals surface area contributed by atoms with Crippen LogP contribution in [0.5, 0.6) is 0 Å². The molecule has 1 aliphatic rings. The first-order valence-electron chi connectivity index (χ1n) is 6.98. The molecule has 5 nitrogen and oxygen atoms in total. The Morgan fingerprint density at radius 1 is 1.28 bits per heavy atom. The van der Waals surface area contributed by atoms with Crippen molar-refractivity contribution in [3.05, 3.63) is 0 Å². The monoisotopic (exact) mass is 257 g/mol. The number of piperazine rings is 1. The SMILES string of the molecule is CC(CCN)CCC(=O)N1CCN(CCO)CC1. The Bertz CT molecular complexity index is 240. The number of aliphatic hydroxyl groups is 1. The summed E-state index contributed by atoms with van der Waals surface area (Å²) in [4.78, 5) is 16.1. The number of nitrogens with zero attached hydrogens (tertiary/aromatic N) is 2. The molecule has 0 aromatic carbocycles. The predicted octanol–water partition coefficient (Wildman–Crippen LogP) is -0.112. The van der Waals surface area contributed by atoms with Gasteiger partial charge in [-0.05, 0) is 25.3 Å². The number of rotatable bonds is 7. The topological polar surface area (TPSA) is 69.8 Å². The van der Waals surface area contributed by atoms with E-state index in [9.17, 15) is 4.79 Å². The van der Waals surface area contributed by atoms with E-state index in [0.29, 0.717) is 18.9 Å². The van der Waals surface area contributed by atoms with E-state index >= 15 is 0 Å². The number of nitrogens with two attached hydrogens (primary N) is 1. The molecule has 1 rings (SSSR count). The summed E-state index contributed by atoms with van der Waals surface area (Å²) in [6.07, 6.45) is 2.58. The van der Waals surface area contributed by atoms with Gasteiger partial charge in [-0.25, -0.2) is 0 Å². The lowest BCUT2D eigenvalue weighted by molar-refractivity contribution is -0.133. The van der Waals surface area contributed by atoms with Gasteiger partial charge in [0, 0.05) is 39.1 Å². The van der Waals surface area contributed by atoms with E-state index in [2.05, 4.69) is 11.8 Å². The highest BCUT2D eigenvalue weighted by molar-refractivity contribution is 5.76. The fraction of sp³-hybridized carbons (Fsp3) is 0.923. The number of aliphatic hydroxyl groups excluding tert-OH is 1. The average Bonchev–Trinajstić information content (AvgIpc) is 2.37. The van der Waals surface area contributed by atoms with E-state index in [1.165, 1.54) is 0 Å². The number of β-amino-alcohol motifs (C(OH)–C–C–N with tert-alkyl or cyclic N) is 1. The maximum absolute atomic E-state index is 12.0. The van der Waals surface area contributed by atoms with Gasteiger partial charge >= 0.3 is 0 Å². The average molecular weight is 257 g/mol. The highest BCUT2D eigenvalue weighted by atomic mass is 16.3. The molecular formula is C13H27N3O2. The Labute approximate surface area is 110 Å². The van der Waals surface area contributed by atoms with E-state index in [-0.39, 0.29) is 12.5 Å². The first-order chi connectivity index (χ1) is 8.67. The number of hydrogen-bond acceptors (Lipinski definition) is 4. The second-order valence-electron chi connectivity index (χ2n) is 5.17. The van der Waals surface area contributed by atoms with Crippen molar-refractivity contribution >= 4 is 5.91 Å². The minimum Gasteiger partial charge on any atom is -0.395 e. The quantitative estimate of drug-likeness (QED) is 0.667. The van der Waals surface area contributed by atoms with Crippen LogP contribution in [-0.2, 0) is 4.79 Å². The summed E-state index contributed by atoms with van der Waals surface area (Å²) in [6.45, 7) is 7.12. The van der Waals surface area contributed by atoms with E-state index in [0.717, 1.165) is 45.6 Å². The van der Waals surface area contributed by atoms with Gasteiger partial charge in [-0.15, -0.1) is 0 Å². The van der Waals surface area contributed by atoms with Crippen molar-refractivity contribution in [3.63, 3.8) is 0 Å². The normalized spacial score (nSPS) is 18.9. The summed E-state index contributed by atoms with van der Waals surface area (Å²) in [7, 11) is 0. The second kappa shape index (κ2) is 8.45. The van der Waals surface area contributed by atoms with Crippen molar-refractivity contribution in [2.24, 2.45) is 11.7 Å². The smallest absolute Gasteiger partial charge is 0.222 e. The third-order valence-corrected chi connectivity index (χ3v) is 3.65. The zero-order valence-corrected chi connectivity index (χ0v) is 11.5. The highest BCUT2D eigenvalue weighted by Gasteiger charge is 2.20. The molecule has 0 saturated carbocycles. The minimum atomic E-state index is 0.199. The number of hydrogen-bond donors (Lipinski definition) is 2. The van der Waals surface area contributed by atoms with Gasteiger partial charge in [0.1, 0.15) is 0 Å². The molecule has 0 spiro atoms. The van der Waals surface area contributed by atoms with Gasteiger partial charge in [-0.3, -0.25) is 9.69 Å². The van der Waals surface area contributed by atoms with Crippen molar-refractivity contribution in [2.45, 2.75) is 26.2 Å². The maximum Gasteiger partial charge on any atom is 0.222 e. The first-order valence-corrected chi connectivity index (χ1v) is 6.98. The Kier molecular flexibility index (Phi) is 7.23. The van der Waals surface area contributed by atoms with Crippen LogP contribution in [-0.4, -0.2) is 66.7 Å². The van der Waals surface area contributed by atoms with Gasteiger partial charge in [0.05, 0.1) is 6.61 Å². The minimum absolute atomic E-state index is 0.199. The molecule has 1 unspecified atom stereocenters. The Hall–Kier alpha value is -0.650. The van der Waals surface area contributed by atoms with Crippen LogP contribution in [0.15, 0.2) is 0 Å². The molecule has 1 aliphatic heterocycles. The lowest BCUT2D eigenvalue weighted by Crippen LogP contribution is -2.49. The van der Waals surface area contributed by atoms with Crippen LogP contribution in [0.25, 0.3) is 0 Å². The Balaban J connectivity index is 2.19. The molecule has 106 valence electrons. The zero-order chi connectivity index (χ0) is 13.4. The third-order valence-electron chi connectivity index (χ3n) is 3.65. The molecule has 0 bridgehead atoms. The Morgan fingerprint density at radius 2 is 1.94 bits per heavy atom. The highest BCUT2D eigenvalue weighted by Crippen LogP contribution is 2.12. The molecular weight excluding hydrogens is 230 g/mol. The fourth-order valence-corrected chi connectivity index (χ4v) is 2.32. The van der Waals surface area contributed by atoms with Gasteiger partial charge in [0.15, 0.2) is 0 Å². The summed E-state index contributed by atoms with van der Waals surface area (Å²) in [5, 5.41) is 8.86. The molecule has 0 radical (unpaired) electrons. The van der Waals surface area contributed by atoms with Crippen LogP contribution in [0, 0.1) is 5.92 Å². The van der Waals surface area contributed by atoms with Crippen LogP contribution in [0.1, 0.15) is 26.2 Å². The van der Waals surface area contributed by atoms with Crippen molar-refractivity contribution in [3.8, 4) is 0 Å².